The lowest BCUT2D eigenvalue weighted by atomic mass is 9.99. The Morgan fingerprint density at radius 3 is 2.28 bits per heavy atom. The number of rotatable bonds is 5. The van der Waals surface area contributed by atoms with Crippen molar-refractivity contribution in [1.82, 2.24) is 4.90 Å². The quantitative estimate of drug-likeness (QED) is 0.739. The molecule has 1 aliphatic rings. The summed E-state index contributed by atoms with van der Waals surface area (Å²) >= 11 is 0. The first-order chi connectivity index (χ1) is 13.7. The summed E-state index contributed by atoms with van der Waals surface area (Å²) in [6.45, 7) is 7.85. The van der Waals surface area contributed by atoms with E-state index in [1.807, 2.05) is 61.2 Å². The number of hydrogen-bond donors (Lipinski definition) is 0. The smallest absolute Gasteiger partial charge is 0.253 e. The minimum absolute atomic E-state index is 0.0535. The number of aryl methyl sites for hydroxylation is 2. The maximum absolute atomic E-state index is 12.8. The molecule has 5 nitrogen and oxygen atoms in total. The molecule has 3 rings (SSSR count). The highest BCUT2D eigenvalue weighted by Crippen LogP contribution is 2.28. The fourth-order valence-corrected chi connectivity index (χ4v) is 5.04. The second kappa shape index (κ2) is 8.57. The molecule has 0 aromatic heterocycles. The number of piperidine rings is 1. The number of carbonyl (C=O) groups is 1. The van der Waals surface area contributed by atoms with Crippen LogP contribution < -0.4 is 4.31 Å². The highest BCUT2D eigenvalue weighted by Gasteiger charge is 2.23. The first-order valence-corrected chi connectivity index (χ1v) is 11.9. The molecule has 2 aromatic rings. The molecule has 0 bridgehead atoms. The number of sulfonamides is 1. The van der Waals surface area contributed by atoms with Crippen molar-refractivity contribution in [3.05, 3.63) is 64.7 Å². The van der Waals surface area contributed by atoms with Crippen molar-refractivity contribution in [2.24, 2.45) is 5.92 Å². The number of nitrogens with zero attached hydrogens (tertiary/aromatic N) is 2. The molecule has 2 aromatic carbocycles. The van der Waals surface area contributed by atoms with E-state index in [0.29, 0.717) is 11.5 Å². The molecule has 1 atom stereocenters. The Kier molecular flexibility index (Phi) is 6.32. The maximum Gasteiger partial charge on any atom is 0.253 e. The van der Waals surface area contributed by atoms with Crippen LogP contribution in [0.3, 0.4) is 0 Å². The van der Waals surface area contributed by atoms with Gasteiger partial charge in [0.05, 0.1) is 18.5 Å². The molecule has 0 N–H and O–H groups in total. The van der Waals surface area contributed by atoms with Crippen LogP contribution in [-0.4, -0.2) is 38.6 Å². The van der Waals surface area contributed by atoms with Crippen LogP contribution in [0, 0.1) is 19.8 Å². The van der Waals surface area contributed by atoms with Gasteiger partial charge < -0.3 is 4.90 Å². The molecular formula is C23H30N2O3S. The van der Waals surface area contributed by atoms with E-state index in [2.05, 4.69) is 6.92 Å². The molecule has 1 saturated heterocycles. The second-order valence-electron chi connectivity index (χ2n) is 8.21. The third-order valence-corrected chi connectivity index (χ3v) is 6.67. The summed E-state index contributed by atoms with van der Waals surface area (Å²) in [5.41, 5.74) is 4.06. The Labute approximate surface area is 174 Å². The van der Waals surface area contributed by atoms with Crippen molar-refractivity contribution in [3.8, 4) is 0 Å². The topological polar surface area (TPSA) is 57.7 Å². The number of benzene rings is 2. The number of hydrogen-bond acceptors (Lipinski definition) is 3. The summed E-state index contributed by atoms with van der Waals surface area (Å²) in [6.07, 6.45) is 3.45. The van der Waals surface area contributed by atoms with Gasteiger partial charge in [0.2, 0.25) is 10.0 Å². The predicted molar refractivity (Wildman–Crippen MR) is 118 cm³/mol. The summed E-state index contributed by atoms with van der Waals surface area (Å²) in [5.74, 6) is 0.588. The van der Waals surface area contributed by atoms with Crippen LogP contribution in [0.2, 0.25) is 0 Å². The van der Waals surface area contributed by atoms with Crippen LogP contribution in [0.5, 0.6) is 0 Å². The number of amides is 1. The Balaban J connectivity index is 1.82. The third-order valence-electron chi connectivity index (χ3n) is 5.56. The van der Waals surface area contributed by atoms with E-state index in [9.17, 15) is 13.2 Å². The minimum Gasteiger partial charge on any atom is -0.338 e. The highest BCUT2D eigenvalue weighted by molar-refractivity contribution is 7.92. The Morgan fingerprint density at radius 2 is 1.72 bits per heavy atom. The van der Waals surface area contributed by atoms with E-state index in [0.717, 1.165) is 41.9 Å². The molecule has 1 fully saturated rings. The maximum atomic E-state index is 12.8. The van der Waals surface area contributed by atoms with Crippen molar-refractivity contribution in [3.63, 3.8) is 0 Å². The lowest BCUT2D eigenvalue weighted by Gasteiger charge is -2.31. The van der Waals surface area contributed by atoms with Gasteiger partial charge in [-0.05, 0) is 61.4 Å². The van der Waals surface area contributed by atoms with Crippen molar-refractivity contribution < 1.29 is 13.2 Å². The van der Waals surface area contributed by atoms with Gasteiger partial charge in [0.15, 0.2) is 0 Å². The Hall–Kier alpha value is -2.34. The lowest BCUT2D eigenvalue weighted by Crippen LogP contribution is -2.39. The minimum atomic E-state index is -3.45. The summed E-state index contributed by atoms with van der Waals surface area (Å²) in [4.78, 5) is 14.7. The van der Waals surface area contributed by atoms with Crippen LogP contribution >= 0.6 is 0 Å². The largest absolute Gasteiger partial charge is 0.338 e. The Bertz CT molecular complexity index is 963. The average molecular weight is 415 g/mol. The first-order valence-electron chi connectivity index (χ1n) is 10.1. The molecule has 6 heteroatoms. The summed E-state index contributed by atoms with van der Waals surface area (Å²) in [5, 5.41) is 0. The fraction of sp³-hybridized carbons (Fsp3) is 0.435. The standard InChI is InChI=1S/C23H30N2O3S/c1-17-7-6-14-24(15-17)23(26)21-12-10-20(11-13-21)16-25(29(4,27)28)22-18(2)8-5-9-19(22)3/h5,8-13,17H,6-7,14-16H2,1-4H3. The van der Waals surface area contributed by atoms with Gasteiger partial charge in [-0.25, -0.2) is 8.42 Å². The molecule has 0 aliphatic carbocycles. The van der Waals surface area contributed by atoms with E-state index < -0.39 is 10.0 Å². The van der Waals surface area contributed by atoms with Crippen LogP contribution in [0.25, 0.3) is 0 Å². The van der Waals surface area contributed by atoms with Crippen LogP contribution in [0.1, 0.15) is 46.8 Å². The number of para-hydroxylation sites is 1. The van der Waals surface area contributed by atoms with Gasteiger partial charge in [0.1, 0.15) is 0 Å². The number of anilines is 1. The van der Waals surface area contributed by atoms with E-state index in [1.165, 1.54) is 17.0 Å². The fourth-order valence-electron chi connectivity index (χ4n) is 4.04. The molecule has 1 unspecified atom stereocenters. The van der Waals surface area contributed by atoms with Gasteiger partial charge in [0.25, 0.3) is 5.91 Å². The molecule has 1 aliphatic heterocycles. The SMILES string of the molecule is Cc1cccc(C)c1N(Cc1ccc(C(=O)N2CCCC(C)C2)cc1)S(C)(=O)=O. The Morgan fingerprint density at radius 1 is 1.10 bits per heavy atom. The van der Waals surface area contributed by atoms with E-state index in [4.69, 9.17) is 0 Å². The molecule has 0 radical (unpaired) electrons. The zero-order valence-corrected chi connectivity index (χ0v) is 18.5. The normalized spacial score (nSPS) is 17.2. The molecular weight excluding hydrogens is 384 g/mol. The van der Waals surface area contributed by atoms with Crippen molar-refractivity contribution in [2.45, 2.75) is 40.2 Å². The van der Waals surface area contributed by atoms with Crippen LogP contribution in [-0.2, 0) is 16.6 Å². The highest BCUT2D eigenvalue weighted by atomic mass is 32.2. The molecule has 1 amide bonds. The number of carbonyl (C=O) groups excluding carboxylic acids is 1. The van der Waals surface area contributed by atoms with Crippen LogP contribution in [0.15, 0.2) is 42.5 Å². The molecule has 0 saturated carbocycles. The van der Waals surface area contributed by atoms with Gasteiger partial charge in [-0.3, -0.25) is 9.10 Å². The van der Waals surface area contributed by atoms with Crippen molar-refractivity contribution in [2.75, 3.05) is 23.7 Å². The zero-order chi connectivity index (χ0) is 21.2. The summed E-state index contributed by atoms with van der Waals surface area (Å²) in [6, 6.07) is 13.1. The monoisotopic (exact) mass is 414 g/mol. The predicted octanol–water partition coefficient (Wildman–Crippen LogP) is 4.14. The summed E-state index contributed by atoms with van der Waals surface area (Å²) < 4.78 is 26.5. The lowest BCUT2D eigenvalue weighted by molar-refractivity contribution is 0.0683. The van der Waals surface area contributed by atoms with E-state index in [1.54, 1.807) is 0 Å². The van der Waals surface area contributed by atoms with Gasteiger partial charge >= 0.3 is 0 Å². The van der Waals surface area contributed by atoms with Gasteiger partial charge in [0, 0.05) is 18.7 Å². The second-order valence-corrected chi connectivity index (χ2v) is 10.1. The van der Waals surface area contributed by atoms with E-state index >= 15 is 0 Å². The molecule has 29 heavy (non-hydrogen) atoms. The van der Waals surface area contributed by atoms with Gasteiger partial charge in [-0.2, -0.15) is 0 Å². The average Bonchev–Trinajstić information content (AvgIpc) is 2.66. The van der Waals surface area contributed by atoms with Gasteiger partial charge in [-0.15, -0.1) is 0 Å². The van der Waals surface area contributed by atoms with Crippen molar-refractivity contribution in [1.29, 1.82) is 0 Å². The van der Waals surface area contributed by atoms with E-state index in [-0.39, 0.29) is 12.5 Å². The summed E-state index contributed by atoms with van der Waals surface area (Å²) in [7, 11) is -3.45. The molecule has 0 spiro atoms. The number of likely N-dealkylation sites (tertiary alicyclic amines) is 1. The van der Waals surface area contributed by atoms with Gasteiger partial charge in [-0.1, -0.05) is 37.3 Å². The zero-order valence-electron chi connectivity index (χ0n) is 17.7. The third kappa shape index (κ3) is 4.99. The molecule has 1 heterocycles. The van der Waals surface area contributed by atoms with Crippen molar-refractivity contribution >= 4 is 21.6 Å². The first kappa shape index (κ1) is 21.4. The molecule has 156 valence electrons. The van der Waals surface area contributed by atoms with Crippen LogP contribution in [0.4, 0.5) is 5.69 Å².